The third-order valence-electron chi connectivity index (χ3n) is 4.65. The summed E-state index contributed by atoms with van der Waals surface area (Å²) in [7, 11) is 0. The average molecular weight is 459 g/mol. The maximum atomic E-state index is 12.4. The summed E-state index contributed by atoms with van der Waals surface area (Å²) in [6.07, 6.45) is 3.57. The molecule has 0 bridgehead atoms. The number of urea groups is 1. The summed E-state index contributed by atoms with van der Waals surface area (Å²) in [6, 6.07) is 20.0. The fourth-order valence-corrected chi connectivity index (χ4v) is 3.65. The van der Waals surface area contributed by atoms with Gasteiger partial charge in [-0.3, -0.25) is 4.79 Å². The minimum Gasteiger partial charge on any atom is -0.332 e. The normalized spacial score (nSPS) is 10.5. The Morgan fingerprint density at radius 3 is 2.39 bits per heavy atom. The molecule has 0 aliphatic carbocycles. The fraction of sp³-hybridized carbons (Fsp3) is 0.0833. The van der Waals surface area contributed by atoms with Crippen LogP contribution in [0.15, 0.2) is 78.1 Å². The minimum atomic E-state index is -0.334. The molecule has 0 radical (unpaired) electrons. The number of anilines is 3. The summed E-state index contributed by atoms with van der Waals surface area (Å²) in [5, 5.41) is 9.12. The Kier molecular flexibility index (Phi) is 6.70. The minimum absolute atomic E-state index is 0.193. The number of thioether (sulfide) groups is 1. The van der Waals surface area contributed by atoms with E-state index in [-0.39, 0.29) is 11.9 Å². The molecule has 0 aliphatic rings. The molecular formula is C24H22N6O2S. The first-order chi connectivity index (χ1) is 16.0. The van der Waals surface area contributed by atoms with Gasteiger partial charge in [0.2, 0.25) is 5.91 Å². The van der Waals surface area contributed by atoms with Gasteiger partial charge in [0.15, 0.2) is 5.16 Å². The van der Waals surface area contributed by atoms with Crippen molar-refractivity contribution >= 4 is 40.9 Å². The zero-order chi connectivity index (χ0) is 23.2. The van der Waals surface area contributed by atoms with Gasteiger partial charge in [-0.05, 0) is 42.7 Å². The van der Waals surface area contributed by atoms with Crippen molar-refractivity contribution in [3.63, 3.8) is 0 Å². The lowest BCUT2D eigenvalue weighted by molar-refractivity contribution is -0.114. The van der Waals surface area contributed by atoms with Crippen molar-refractivity contribution in [2.45, 2.75) is 12.1 Å². The first-order valence-electron chi connectivity index (χ1n) is 10.1. The molecule has 166 valence electrons. The van der Waals surface area contributed by atoms with Crippen molar-refractivity contribution < 1.29 is 9.59 Å². The second kappa shape index (κ2) is 10.0. The lowest BCUT2D eigenvalue weighted by Crippen LogP contribution is -2.19. The molecule has 4 aromatic rings. The van der Waals surface area contributed by atoms with Crippen LogP contribution >= 0.6 is 11.8 Å². The molecule has 33 heavy (non-hydrogen) atoms. The zero-order valence-electron chi connectivity index (χ0n) is 18.0. The van der Waals surface area contributed by atoms with Crippen molar-refractivity contribution in [1.29, 1.82) is 0 Å². The van der Waals surface area contributed by atoms with E-state index in [9.17, 15) is 9.59 Å². The lowest BCUT2D eigenvalue weighted by Gasteiger charge is -2.10. The molecule has 2 aromatic carbocycles. The van der Waals surface area contributed by atoms with Crippen molar-refractivity contribution in [2.75, 3.05) is 22.2 Å². The van der Waals surface area contributed by atoms with E-state index < -0.39 is 0 Å². The number of carbonyl (C=O) groups is 2. The summed E-state index contributed by atoms with van der Waals surface area (Å²) in [6.45, 7) is 1.44. The Morgan fingerprint density at radius 1 is 0.879 bits per heavy atom. The Morgan fingerprint density at radius 2 is 1.64 bits per heavy atom. The third-order valence-corrected chi connectivity index (χ3v) is 5.23. The van der Waals surface area contributed by atoms with Gasteiger partial charge in [-0.2, -0.15) is 0 Å². The van der Waals surface area contributed by atoms with Gasteiger partial charge in [-0.1, -0.05) is 42.1 Å². The van der Waals surface area contributed by atoms with Crippen molar-refractivity contribution in [3.8, 4) is 22.5 Å². The Labute approximate surface area is 195 Å². The smallest absolute Gasteiger partial charge is 0.323 e. The molecule has 9 heteroatoms. The van der Waals surface area contributed by atoms with Crippen LogP contribution in [0.1, 0.15) is 6.92 Å². The first-order valence-corrected chi connectivity index (χ1v) is 11.4. The molecule has 4 N–H and O–H groups in total. The van der Waals surface area contributed by atoms with E-state index in [1.807, 2.05) is 66.9 Å². The molecule has 2 aromatic heterocycles. The van der Waals surface area contributed by atoms with Gasteiger partial charge in [-0.25, -0.2) is 14.8 Å². The van der Waals surface area contributed by atoms with Gasteiger partial charge in [0.25, 0.3) is 0 Å². The van der Waals surface area contributed by atoms with Crippen LogP contribution in [0.4, 0.5) is 22.0 Å². The number of imidazole rings is 1. The largest absolute Gasteiger partial charge is 0.332 e. The number of amides is 3. The number of pyridine rings is 1. The highest BCUT2D eigenvalue weighted by Gasteiger charge is 2.16. The maximum Gasteiger partial charge on any atom is 0.323 e. The molecule has 0 saturated heterocycles. The summed E-state index contributed by atoms with van der Waals surface area (Å²) in [5.74, 6) is 0.265. The first kappa shape index (κ1) is 22.1. The lowest BCUT2D eigenvalue weighted by atomic mass is 10.1. The highest BCUT2D eigenvalue weighted by molar-refractivity contribution is 7.98. The van der Waals surface area contributed by atoms with E-state index >= 15 is 0 Å². The summed E-state index contributed by atoms with van der Waals surface area (Å²) < 4.78 is 0. The van der Waals surface area contributed by atoms with Crippen LogP contribution in [0.2, 0.25) is 0 Å². The Hall–Kier alpha value is -4.11. The molecule has 0 fully saturated rings. The van der Waals surface area contributed by atoms with Crippen molar-refractivity contribution in [2.24, 2.45) is 0 Å². The third kappa shape index (κ3) is 5.58. The molecule has 0 spiro atoms. The molecule has 2 heterocycles. The SMILES string of the molecule is CSc1nc(-c2cccc(NC(=O)Nc3ccccc3)c2)c(-c2ccnc(NC(C)=O)c2)[nH]1. The van der Waals surface area contributed by atoms with Gasteiger partial charge >= 0.3 is 6.03 Å². The Bertz CT molecular complexity index is 1290. The summed E-state index contributed by atoms with van der Waals surface area (Å²) >= 11 is 1.49. The number of rotatable bonds is 6. The number of hydrogen-bond acceptors (Lipinski definition) is 5. The number of benzene rings is 2. The topological polar surface area (TPSA) is 112 Å². The van der Waals surface area contributed by atoms with Crippen LogP contribution in [0.25, 0.3) is 22.5 Å². The van der Waals surface area contributed by atoms with Crippen LogP contribution < -0.4 is 16.0 Å². The van der Waals surface area contributed by atoms with Crippen LogP contribution in [0, 0.1) is 0 Å². The van der Waals surface area contributed by atoms with Crippen LogP contribution in [-0.2, 0) is 4.79 Å². The molecular weight excluding hydrogens is 436 g/mol. The number of nitrogens with zero attached hydrogens (tertiary/aromatic N) is 2. The highest BCUT2D eigenvalue weighted by atomic mass is 32.2. The van der Waals surface area contributed by atoms with Crippen LogP contribution in [-0.4, -0.2) is 33.1 Å². The second-order valence-corrected chi connectivity index (χ2v) is 7.90. The van der Waals surface area contributed by atoms with E-state index in [1.165, 1.54) is 18.7 Å². The van der Waals surface area contributed by atoms with E-state index in [0.29, 0.717) is 17.2 Å². The molecule has 8 nitrogen and oxygen atoms in total. The quantitative estimate of drug-likeness (QED) is 0.287. The average Bonchev–Trinajstić information content (AvgIpc) is 3.24. The monoisotopic (exact) mass is 458 g/mol. The second-order valence-electron chi connectivity index (χ2n) is 7.11. The van der Waals surface area contributed by atoms with Crippen LogP contribution in [0.3, 0.4) is 0 Å². The van der Waals surface area contributed by atoms with Gasteiger partial charge in [0.1, 0.15) is 5.82 Å². The summed E-state index contributed by atoms with van der Waals surface area (Å²) in [4.78, 5) is 36.1. The standard InChI is InChI=1S/C24H22N6O2S/c1-15(31)26-20-14-17(11-12-25-20)22-21(29-24(30-22)33-2)16-7-6-10-19(13-16)28-23(32)27-18-8-4-3-5-9-18/h3-14H,1-2H3,(H,29,30)(H,25,26,31)(H2,27,28,32). The van der Waals surface area contributed by atoms with Gasteiger partial charge in [0, 0.05) is 35.6 Å². The van der Waals surface area contributed by atoms with E-state index in [4.69, 9.17) is 4.98 Å². The predicted octanol–water partition coefficient (Wildman–Crippen LogP) is 5.46. The van der Waals surface area contributed by atoms with Crippen molar-refractivity contribution in [3.05, 3.63) is 72.9 Å². The predicted molar refractivity (Wildman–Crippen MR) is 132 cm³/mol. The summed E-state index contributed by atoms with van der Waals surface area (Å²) in [5.41, 5.74) is 4.52. The zero-order valence-corrected chi connectivity index (χ0v) is 18.9. The van der Waals surface area contributed by atoms with Crippen molar-refractivity contribution in [1.82, 2.24) is 15.0 Å². The fourth-order valence-electron chi connectivity index (χ4n) is 3.26. The van der Waals surface area contributed by atoms with Gasteiger partial charge < -0.3 is 20.9 Å². The number of hydrogen-bond donors (Lipinski definition) is 4. The molecule has 0 atom stereocenters. The molecule has 0 aliphatic heterocycles. The van der Waals surface area contributed by atoms with E-state index in [1.54, 1.807) is 12.3 Å². The number of carbonyl (C=O) groups excluding carboxylic acids is 2. The number of para-hydroxylation sites is 1. The highest BCUT2D eigenvalue weighted by Crippen LogP contribution is 2.34. The number of nitrogens with one attached hydrogen (secondary N) is 4. The Balaban J connectivity index is 1.63. The molecule has 0 unspecified atom stereocenters. The number of aromatic nitrogens is 3. The number of aromatic amines is 1. The van der Waals surface area contributed by atoms with E-state index in [0.717, 1.165) is 27.7 Å². The molecule has 0 saturated carbocycles. The maximum absolute atomic E-state index is 12.4. The van der Waals surface area contributed by atoms with Gasteiger partial charge in [-0.15, -0.1) is 0 Å². The molecule has 4 rings (SSSR count). The number of H-pyrrole nitrogens is 1. The van der Waals surface area contributed by atoms with Crippen LogP contribution in [0.5, 0.6) is 0 Å². The molecule has 3 amide bonds. The van der Waals surface area contributed by atoms with Gasteiger partial charge in [0.05, 0.1) is 11.4 Å². The van der Waals surface area contributed by atoms with E-state index in [2.05, 4.69) is 25.9 Å².